The van der Waals surface area contributed by atoms with E-state index in [0.29, 0.717) is 18.7 Å². The minimum atomic E-state index is -3.30. The van der Waals surface area contributed by atoms with Crippen LogP contribution in [0.3, 0.4) is 0 Å². The average Bonchev–Trinajstić information content (AvgIpc) is 2.40. The first-order valence-electron chi connectivity index (χ1n) is 5.87. The van der Waals surface area contributed by atoms with Crippen LogP contribution in [0.2, 0.25) is 0 Å². The van der Waals surface area contributed by atoms with E-state index in [9.17, 15) is 13.2 Å². The molecule has 104 valence electrons. The number of sulfonamides is 1. The molecule has 0 spiro atoms. The van der Waals surface area contributed by atoms with Crippen molar-refractivity contribution in [1.29, 1.82) is 0 Å². The van der Waals surface area contributed by atoms with Crippen LogP contribution in [0, 0.1) is 0 Å². The topological polar surface area (TPSA) is 74.7 Å². The molecule has 1 aliphatic heterocycles. The Morgan fingerprint density at radius 1 is 1.21 bits per heavy atom. The van der Waals surface area contributed by atoms with Crippen LogP contribution in [0.15, 0.2) is 24.3 Å². The fourth-order valence-electron chi connectivity index (χ4n) is 1.87. The summed E-state index contributed by atoms with van der Waals surface area (Å²) in [4.78, 5) is 10.7. The molecule has 0 unspecified atom stereocenters. The number of carboxylic acid groups (broad SMARTS) is 1. The second-order valence-electron chi connectivity index (χ2n) is 4.27. The zero-order valence-electron chi connectivity index (χ0n) is 10.3. The summed E-state index contributed by atoms with van der Waals surface area (Å²) in [5, 5.41) is 8.78. The zero-order chi connectivity index (χ0) is 13.9. The number of benzene rings is 1. The molecule has 7 heteroatoms. The molecule has 5 nitrogen and oxygen atoms in total. The van der Waals surface area contributed by atoms with Crippen LogP contribution in [0.5, 0.6) is 0 Å². The highest BCUT2D eigenvalue weighted by molar-refractivity contribution is 7.99. The van der Waals surface area contributed by atoms with Gasteiger partial charge in [0.2, 0.25) is 10.0 Å². The summed E-state index contributed by atoms with van der Waals surface area (Å²) in [6, 6.07) is 5.97. The molecule has 1 saturated heterocycles. The number of thioether (sulfide) groups is 1. The van der Waals surface area contributed by atoms with Crippen LogP contribution in [0.4, 0.5) is 0 Å². The molecule has 0 bridgehead atoms. The van der Waals surface area contributed by atoms with Crippen molar-refractivity contribution in [3.63, 3.8) is 0 Å². The van der Waals surface area contributed by atoms with Crippen molar-refractivity contribution in [2.75, 3.05) is 24.6 Å². The average molecular weight is 301 g/mol. The third-order valence-electron chi connectivity index (χ3n) is 2.91. The van der Waals surface area contributed by atoms with Gasteiger partial charge >= 0.3 is 5.97 Å². The third-order valence-corrected chi connectivity index (χ3v) is 5.71. The van der Waals surface area contributed by atoms with Crippen LogP contribution in [-0.4, -0.2) is 48.4 Å². The molecular weight excluding hydrogens is 286 g/mol. The molecule has 1 aliphatic rings. The summed E-state index contributed by atoms with van der Waals surface area (Å²) >= 11 is 1.75. The zero-order valence-corrected chi connectivity index (χ0v) is 11.9. The van der Waals surface area contributed by atoms with Gasteiger partial charge in [0.1, 0.15) is 0 Å². The van der Waals surface area contributed by atoms with Crippen LogP contribution >= 0.6 is 11.8 Å². The number of hydrogen-bond donors (Lipinski definition) is 1. The number of nitrogens with zero attached hydrogens (tertiary/aromatic N) is 1. The maximum Gasteiger partial charge on any atom is 0.335 e. The second kappa shape index (κ2) is 5.94. The van der Waals surface area contributed by atoms with Crippen molar-refractivity contribution in [1.82, 2.24) is 4.31 Å². The Bertz CT molecular complexity index is 548. The Kier molecular flexibility index (Phi) is 4.49. The highest BCUT2D eigenvalue weighted by Gasteiger charge is 2.24. The minimum absolute atomic E-state index is 0.0719. The minimum Gasteiger partial charge on any atom is -0.478 e. The molecule has 1 aromatic rings. The van der Waals surface area contributed by atoms with Crippen LogP contribution < -0.4 is 0 Å². The molecule has 1 fully saturated rings. The molecule has 2 rings (SSSR count). The van der Waals surface area contributed by atoms with Gasteiger partial charge in [0.25, 0.3) is 0 Å². The van der Waals surface area contributed by atoms with Crippen LogP contribution in [0.1, 0.15) is 15.9 Å². The Labute approximate surface area is 116 Å². The lowest BCUT2D eigenvalue weighted by Crippen LogP contribution is -2.38. The fraction of sp³-hybridized carbons (Fsp3) is 0.417. The first kappa shape index (κ1) is 14.4. The smallest absolute Gasteiger partial charge is 0.335 e. The highest BCUT2D eigenvalue weighted by atomic mass is 32.2. The van der Waals surface area contributed by atoms with E-state index in [4.69, 9.17) is 5.11 Å². The number of hydrogen-bond acceptors (Lipinski definition) is 4. The van der Waals surface area contributed by atoms with E-state index >= 15 is 0 Å². The number of aromatic carboxylic acids is 1. The quantitative estimate of drug-likeness (QED) is 0.906. The number of carbonyl (C=O) groups is 1. The summed E-state index contributed by atoms with van der Waals surface area (Å²) < 4.78 is 25.9. The van der Waals surface area contributed by atoms with Gasteiger partial charge < -0.3 is 5.11 Å². The van der Waals surface area contributed by atoms with Crippen molar-refractivity contribution < 1.29 is 18.3 Å². The van der Waals surface area contributed by atoms with Crippen molar-refractivity contribution >= 4 is 27.8 Å². The van der Waals surface area contributed by atoms with Gasteiger partial charge in [-0.25, -0.2) is 13.2 Å². The van der Waals surface area contributed by atoms with Crippen LogP contribution in [-0.2, 0) is 15.8 Å². The predicted molar refractivity (Wildman–Crippen MR) is 74.9 cm³/mol. The Hall–Kier alpha value is -1.05. The normalized spacial score (nSPS) is 17.3. The third kappa shape index (κ3) is 3.71. The highest BCUT2D eigenvalue weighted by Crippen LogP contribution is 2.17. The van der Waals surface area contributed by atoms with Gasteiger partial charge in [0.15, 0.2) is 0 Å². The van der Waals surface area contributed by atoms with E-state index in [1.807, 2.05) is 0 Å². The van der Waals surface area contributed by atoms with Crippen LogP contribution in [0.25, 0.3) is 0 Å². The summed E-state index contributed by atoms with van der Waals surface area (Å²) in [6.07, 6.45) is 0. The molecule has 0 aromatic heterocycles. The molecule has 0 amide bonds. The van der Waals surface area contributed by atoms with E-state index in [2.05, 4.69) is 0 Å². The number of rotatable bonds is 4. The van der Waals surface area contributed by atoms with Gasteiger partial charge in [0.05, 0.1) is 11.3 Å². The molecule has 1 N–H and O–H groups in total. The van der Waals surface area contributed by atoms with Gasteiger partial charge in [-0.05, 0) is 17.7 Å². The van der Waals surface area contributed by atoms with E-state index in [1.165, 1.54) is 16.4 Å². The van der Waals surface area contributed by atoms with E-state index < -0.39 is 16.0 Å². The molecule has 1 aromatic carbocycles. The van der Waals surface area contributed by atoms with Crippen molar-refractivity contribution in [3.05, 3.63) is 35.4 Å². The number of carboxylic acids is 1. The van der Waals surface area contributed by atoms with Gasteiger partial charge in [-0.1, -0.05) is 12.1 Å². The largest absolute Gasteiger partial charge is 0.478 e. The summed E-state index contributed by atoms with van der Waals surface area (Å²) in [7, 11) is -3.30. The van der Waals surface area contributed by atoms with Gasteiger partial charge in [-0.2, -0.15) is 16.1 Å². The molecular formula is C12H15NO4S2. The lowest BCUT2D eigenvalue weighted by molar-refractivity contribution is 0.0697. The van der Waals surface area contributed by atoms with E-state index in [-0.39, 0.29) is 11.3 Å². The summed E-state index contributed by atoms with van der Waals surface area (Å²) in [6.45, 7) is 1.11. The predicted octanol–water partition coefficient (Wildman–Crippen LogP) is 1.26. The maximum absolute atomic E-state index is 12.2. The molecule has 1 heterocycles. The fourth-order valence-corrected chi connectivity index (χ4v) is 4.54. The molecule has 0 aliphatic carbocycles. The van der Waals surface area contributed by atoms with E-state index in [0.717, 1.165) is 11.5 Å². The molecule has 19 heavy (non-hydrogen) atoms. The first-order chi connectivity index (χ1) is 8.99. The molecule has 0 atom stereocenters. The Morgan fingerprint density at radius 2 is 1.79 bits per heavy atom. The summed E-state index contributed by atoms with van der Waals surface area (Å²) in [5.74, 6) is 0.578. The van der Waals surface area contributed by atoms with E-state index in [1.54, 1.807) is 23.9 Å². The monoisotopic (exact) mass is 301 g/mol. The molecule has 0 radical (unpaired) electrons. The summed E-state index contributed by atoms with van der Waals surface area (Å²) in [5.41, 5.74) is 0.777. The lowest BCUT2D eigenvalue weighted by atomic mass is 10.1. The van der Waals surface area contributed by atoms with Crippen molar-refractivity contribution in [2.45, 2.75) is 5.75 Å². The van der Waals surface area contributed by atoms with Crippen molar-refractivity contribution in [2.24, 2.45) is 0 Å². The first-order valence-corrected chi connectivity index (χ1v) is 8.63. The van der Waals surface area contributed by atoms with Gasteiger partial charge in [-0.15, -0.1) is 0 Å². The Balaban J connectivity index is 2.09. The standard InChI is InChI=1S/C12H15NO4S2/c14-12(15)11-3-1-10(2-4-11)9-19(16,17)13-5-7-18-8-6-13/h1-4H,5-9H2,(H,14,15). The SMILES string of the molecule is O=C(O)c1ccc(CS(=O)(=O)N2CCSCC2)cc1. The second-order valence-corrected chi connectivity index (χ2v) is 7.46. The maximum atomic E-state index is 12.2. The lowest BCUT2D eigenvalue weighted by Gasteiger charge is -2.25. The van der Waals surface area contributed by atoms with Crippen molar-refractivity contribution in [3.8, 4) is 0 Å². The molecule has 0 saturated carbocycles. The van der Waals surface area contributed by atoms with Gasteiger partial charge in [-0.3, -0.25) is 0 Å². The Morgan fingerprint density at radius 3 is 2.32 bits per heavy atom. The van der Waals surface area contributed by atoms with Gasteiger partial charge in [0, 0.05) is 24.6 Å².